The van der Waals surface area contributed by atoms with Crippen molar-refractivity contribution in [3.63, 3.8) is 0 Å². The van der Waals surface area contributed by atoms with Crippen molar-refractivity contribution in [2.24, 2.45) is 0 Å². The zero-order valence-electron chi connectivity index (χ0n) is 13.7. The van der Waals surface area contributed by atoms with Crippen molar-refractivity contribution in [3.05, 3.63) is 98.7 Å². The summed E-state index contributed by atoms with van der Waals surface area (Å²) in [6, 6.07) is 15.5. The monoisotopic (exact) mass is 357 g/mol. The summed E-state index contributed by atoms with van der Waals surface area (Å²) in [4.78, 5) is 12.1. The van der Waals surface area contributed by atoms with E-state index >= 15 is 0 Å². The second kappa shape index (κ2) is 7.53. The molecule has 1 heterocycles. The van der Waals surface area contributed by atoms with E-state index in [-0.39, 0.29) is 12.1 Å². The number of hydrogen-bond acceptors (Lipinski definition) is 2. The van der Waals surface area contributed by atoms with E-state index in [0.29, 0.717) is 17.0 Å². The molecule has 0 amide bonds. The lowest BCUT2D eigenvalue weighted by Gasteiger charge is -2.10. The molecule has 5 heteroatoms. The van der Waals surface area contributed by atoms with Crippen LogP contribution in [0.15, 0.2) is 65.6 Å². The summed E-state index contributed by atoms with van der Waals surface area (Å²) in [5.41, 5.74) is 2.32. The van der Waals surface area contributed by atoms with Gasteiger partial charge in [0.25, 0.3) is 5.56 Å². The van der Waals surface area contributed by atoms with Gasteiger partial charge in [0.2, 0.25) is 0 Å². The summed E-state index contributed by atoms with van der Waals surface area (Å²) in [5.74, 6) is 0.381. The van der Waals surface area contributed by atoms with Gasteiger partial charge in [0.15, 0.2) is 0 Å². The predicted molar refractivity (Wildman–Crippen MR) is 97.0 cm³/mol. The van der Waals surface area contributed by atoms with E-state index in [1.807, 2.05) is 24.3 Å². The smallest absolute Gasteiger partial charge is 0.250 e. The average Bonchev–Trinajstić information content (AvgIpc) is 2.61. The van der Waals surface area contributed by atoms with Crippen LogP contribution in [0, 0.1) is 5.82 Å². The molecule has 0 saturated heterocycles. The van der Waals surface area contributed by atoms with E-state index < -0.39 is 5.82 Å². The zero-order valence-corrected chi connectivity index (χ0v) is 14.5. The second-order valence-electron chi connectivity index (χ2n) is 5.76. The summed E-state index contributed by atoms with van der Waals surface area (Å²) in [6.45, 7) is 0.165. The van der Waals surface area contributed by atoms with Crippen LogP contribution in [0.25, 0.3) is 0 Å². The van der Waals surface area contributed by atoms with Gasteiger partial charge in [-0.3, -0.25) is 4.79 Å². The molecule has 0 aliphatic rings. The highest BCUT2D eigenvalue weighted by Crippen LogP contribution is 2.17. The minimum absolute atomic E-state index is 0.165. The number of rotatable bonds is 5. The number of ether oxygens (including phenoxy) is 1. The van der Waals surface area contributed by atoms with Gasteiger partial charge in [-0.15, -0.1) is 0 Å². The molecule has 0 N–H and O–H groups in total. The highest BCUT2D eigenvalue weighted by atomic mass is 35.5. The Morgan fingerprint density at radius 3 is 2.44 bits per heavy atom. The lowest BCUT2D eigenvalue weighted by atomic mass is 10.1. The third-order valence-corrected chi connectivity index (χ3v) is 4.20. The molecule has 0 radical (unpaired) electrons. The van der Waals surface area contributed by atoms with Gasteiger partial charge in [-0.2, -0.15) is 0 Å². The molecule has 128 valence electrons. The standard InChI is InChI=1S/C20H17ClFNO2/c1-25-18-7-2-14(3-8-18)10-15-4-9-20(24)23(12-15)13-16-5-6-17(21)11-19(16)22/h2-9,11-12H,10,13H2,1H3. The summed E-state index contributed by atoms with van der Waals surface area (Å²) in [5, 5.41) is 0.335. The summed E-state index contributed by atoms with van der Waals surface area (Å²) in [6.07, 6.45) is 2.44. The molecule has 0 aliphatic heterocycles. The fourth-order valence-corrected chi connectivity index (χ4v) is 2.78. The molecule has 3 nitrogen and oxygen atoms in total. The van der Waals surface area contributed by atoms with Crippen molar-refractivity contribution in [3.8, 4) is 5.75 Å². The summed E-state index contributed by atoms with van der Waals surface area (Å²) in [7, 11) is 1.63. The first-order valence-corrected chi connectivity index (χ1v) is 8.19. The van der Waals surface area contributed by atoms with Crippen LogP contribution in [-0.4, -0.2) is 11.7 Å². The van der Waals surface area contributed by atoms with Crippen molar-refractivity contribution in [2.75, 3.05) is 7.11 Å². The second-order valence-corrected chi connectivity index (χ2v) is 6.20. The number of methoxy groups -OCH3 is 1. The van der Waals surface area contributed by atoms with Gasteiger partial charge in [-0.1, -0.05) is 35.9 Å². The van der Waals surface area contributed by atoms with Crippen LogP contribution in [0.4, 0.5) is 4.39 Å². The van der Waals surface area contributed by atoms with E-state index in [1.165, 1.54) is 16.7 Å². The van der Waals surface area contributed by atoms with Crippen molar-refractivity contribution in [1.82, 2.24) is 4.57 Å². The Balaban J connectivity index is 1.83. The van der Waals surface area contributed by atoms with Gasteiger partial charge in [-0.05, 0) is 41.8 Å². The average molecular weight is 358 g/mol. The van der Waals surface area contributed by atoms with Crippen molar-refractivity contribution < 1.29 is 9.13 Å². The maximum atomic E-state index is 14.0. The number of nitrogens with zero attached hydrogens (tertiary/aromatic N) is 1. The quantitative estimate of drug-likeness (QED) is 0.682. The first-order chi connectivity index (χ1) is 12.0. The molecule has 0 unspecified atom stereocenters. The van der Waals surface area contributed by atoms with Gasteiger partial charge in [0.05, 0.1) is 13.7 Å². The van der Waals surface area contributed by atoms with E-state index in [2.05, 4.69) is 0 Å². The maximum Gasteiger partial charge on any atom is 0.250 e. The normalized spacial score (nSPS) is 10.7. The first-order valence-electron chi connectivity index (χ1n) is 7.81. The lowest BCUT2D eigenvalue weighted by Crippen LogP contribution is -2.20. The number of aromatic nitrogens is 1. The number of hydrogen-bond donors (Lipinski definition) is 0. The van der Waals surface area contributed by atoms with E-state index in [0.717, 1.165) is 16.9 Å². The van der Waals surface area contributed by atoms with Crippen LogP contribution < -0.4 is 10.3 Å². The Morgan fingerprint density at radius 1 is 1.04 bits per heavy atom. The van der Waals surface area contributed by atoms with Gasteiger partial charge in [0.1, 0.15) is 11.6 Å². The third-order valence-electron chi connectivity index (χ3n) is 3.97. The van der Waals surface area contributed by atoms with E-state index in [9.17, 15) is 9.18 Å². The minimum atomic E-state index is -0.417. The maximum absolute atomic E-state index is 14.0. The molecule has 0 atom stereocenters. The largest absolute Gasteiger partial charge is 0.497 e. The van der Waals surface area contributed by atoms with Gasteiger partial charge in [-0.25, -0.2) is 4.39 Å². The molecular formula is C20H17ClFNO2. The molecule has 3 aromatic rings. The van der Waals surface area contributed by atoms with Crippen LogP contribution in [0.2, 0.25) is 5.02 Å². The molecule has 25 heavy (non-hydrogen) atoms. The molecular weight excluding hydrogens is 341 g/mol. The molecule has 1 aromatic heterocycles. The van der Waals surface area contributed by atoms with Crippen molar-refractivity contribution >= 4 is 11.6 Å². The Bertz CT molecular complexity index is 935. The van der Waals surface area contributed by atoms with Gasteiger partial charge >= 0.3 is 0 Å². The fraction of sp³-hybridized carbons (Fsp3) is 0.150. The van der Waals surface area contributed by atoms with Gasteiger partial charge in [0, 0.05) is 22.8 Å². The molecule has 0 spiro atoms. The fourth-order valence-electron chi connectivity index (χ4n) is 2.62. The summed E-state index contributed by atoms with van der Waals surface area (Å²) >= 11 is 5.77. The Kier molecular flexibility index (Phi) is 5.19. The summed E-state index contributed by atoms with van der Waals surface area (Å²) < 4.78 is 20.6. The number of pyridine rings is 1. The van der Waals surface area contributed by atoms with Crippen LogP contribution in [0.1, 0.15) is 16.7 Å². The number of benzene rings is 2. The topological polar surface area (TPSA) is 31.2 Å². The Labute approximate surface area is 150 Å². The predicted octanol–water partition coefficient (Wildman–Crippen LogP) is 4.29. The highest BCUT2D eigenvalue weighted by molar-refractivity contribution is 6.30. The van der Waals surface area contributed by atoms with Crippen LogP contribution in [0.5, 0.6) is 5.75 Å². The molecule has 0 saturated carbocycles. The van der Waals surface area contributed by atoms with E-state index in [4.69, 9.17) is 16.3 Å². The van der Waals surface area contributed by atoms with Crippen molar-refractivity contribution in [1.29, 1.82) is 0 Å². The minimum Gasteiger partial charge on any atom is -0.497 e. The SMILES string of the molecule is COc1ccc(Cc2ccc(=O)n(Cc3ccc(Cl)cc3F)c2)cc1. The molecule has 3 rings (SSSR count). The molecule has 2 aromatic carbocycles. The third kappa shape index (κ3) is 4.28. The lowest BCUT2D eigenvalue weighted by molar-refractivity contribution is 0.414. The van der Waals surface area contributed by atoms with Crippen LogP contribution >= 0.6 is 11.6 Å². The van der Waals surface area contributed by atoms with Gasteiger partial charge < -0.3 is 9.30 Å². The zero-order chi connectivity index (χ0) is 17.8. The molecule has 0 fully saturated rings. The Morgan fingerprint density at radius 2 is 1.76 bits per heavy atom. The Hall–Kier alpha value is -2.59. The molecule has 0 bridgehead atoms. The number of halogens is 2. The highest BCUT2D eigenvalue weighted by Gasteiger charge is 2.06. The first kappa shape index (κ1) is 17.2. The van der Waals surface area contributed by atoms with Crippen molar-refractivity contribution in [2.45, 2.75) is 13.0 Å². The van der Waals surface area contributed by atoms with E-state index in [1.54, 1.807) is 31.5 Å². The molecule has 0 aliphatic carbocycles. The van der Waals surface area contributed by atoms with Crippen LogP contribution in [0.3, 0.4) is 0 Å². The van der Waals surface area contributed by atoms with Crippen LogP contribution in [-0.2, 0) is 13.0 Å².